The molecule has 0 aliphatic carbocycles. The van der Waals surface area contributed by atoms with Crippen molar-refractivity contribution in [1.29, 1.82) is 0 Å². The summed E-state index contributed by atoms with van der Waals surface area (Å²) in [6.07, 6.45) is 6.70. The highest BCUT2D eigenvalue weighted by molar-refractivity contribution is 5.06. The monoisotopic (exact) mass is 208 g/mol. The number of allylic oxidation sites excluding steroid dienone is 1. The third-order valence-corrected chi connectivity index (χ3v) is 2.23. The van der Waals surface area contributed by atoms with Crippen LogP contribution in [0.4, 0.5) is 0 Å². The number of nitrogens with two attached hydrogens (primary N) is 1. The first kappa shape index (κ1) is 11.9. The highest BCUT2D eigenvalue weighted by Crippen LogP contribution is 2.05. The molecule has 0 atom stereocenters. The third kappa shape index (κ3) is 3.83. The van der Waals surface area contributed by atoms with Gasteiger partial charge in [-0.05, 0) is 26.3 Å². The molecule has 0 radical (unpaired) electrons. The summed E-state index contributed by atoms with van der Waals surface area (Å²) in [6, 6.07) is 0. The van der Waals surface area contributed by atoms with Crippen LogP contribution in [0.25, 0.3) is 0 Å². The molecule has 1 heterocycles. The number of rotatable bonds is 6. The van der Waals surface area contributed by atoms with E-state index >= 15 is 0 Å². The van der Waals surface area contributed by atoms with Gasteiger partial charge in [0, 0.05) is 13.0 Å². The first-order valence-corrected chi connectivity index (χ1v) is 5.50. The molecule has 0 saturated heterocycles. The normalized spacial score (nSPS) is 12.1. The van der Waals surface area contributed by atoms with Crippen LogP contribution in [0, 0.1) is 0 Å². The molecule has 0 bridgehead atoms. The van der Waals surface area contributed by atoms with Gasteiger partial charge < -0.3 is 5.73 Å². The molecular weight excluding hydrogens is 188 g/mol. The van der Waals surface area contributed by atoms with Crippen molar-refractivity contribution < 1.29 is 0 Å². The fourth-order valence-electron chi connectivity index (χ4n) is 1.47. The van der Waals surface area contributed by atoms with E-state index in [4.69, 9.17) is 5.73 Å². The van der Waals surface area contributed by atoms with E-state index in [1.54, 1.807) is 6.33 Å². The van der Waals surface area contributed by atoms with Gasteiger partial charge in [0.2, 0.25) is 0 Å². The average Bonchev–Trinajstić information content (AvgIpc) is 2.63. The Labute approximate surface area is 91.2 Å². The van der Waals surface area contributed by atoms with Crippen molar-refractivity contribution in [2.75, 3.05) is 6.54 Å². The van der Waals surface area contributed by atoms with E-state index in [9.17, 15) is 0 Å². The van der Waals surface area contributed by atoms with Crippen molar-refractivity contribution >= 4 is 0 Å². The zero-order valence-electron chi connectivity index (χ0n) is 9.61. The Morgan fingerprint density at radius 2 is 2.40 bits per heavy atom. The molecule has 0 saturated carbocycles. The molecule has 0 aliphatic rings. The Kier molecular flexibility index (Phi) is 5.04. The van der Waals surface area contributed by atoms with E-state index < -0.39 is 0 Å². The van der Waals surface area contributed by atoms with Crippen LogP contribution < -0.4 is 5.73 Å². The predicted octanol–water partition coefficient (Wildman–Crippen LogP) is 1.53. The second kappa shape index (κ2) is 6.35. The highest BCUT2D eigenvalue weighted by atomic mass is 15.3. The number of nitrogens with zero attached hydrogens (tertiary/aromatic N) is 3. The minimum Gasteiger partial charge on any atom is -0.330 e. The van der Waals surface area contributed by atoms with E-state index in [2.05, 4.69) is 30.0 Å². The topological polar surface area (TPSA) is 56.7 Å². The summed E-state index contributed by atoms with van der Waals surface area (Å²) in [6.45, 7) is 5.90. The number of hydrogen-bond acceptors (Lipinski definition) is 3. The molecule has 4 nitrogen and oxygen atoms in total. The zero-order chi connectivity index (χ0) is 11.1. The Balaban J connectivity index is 2.59. The van der Waals surface area contributed by atoms with Crippen LogP contribution in [0.2, 0.25) is 0 Å². The quantitative estimate of drug-likeness (QED) is 0.721. The van der Waals surface area contributed by atoms with Crippen LogP contribution in [0.1, 0.15) is 32.5 Å². The molecule has 0 spiro atoms. The van der Waals surface area contributed by atoms with E-state index in [1.807, 2.05) is 4.68 Å². The molecule has 4 heteroatoms. The minimum atomic E-state index is 0.707. The summed E-state index contributed by atoms with van der Waals surface area (Å²) in [5.74, 6) is 1.04. The predicted molar refractivity (Wildman–Crippen MR) is 61.4 cm³/mol. The summed E-state index contributed by atoms with van der Waals surface area (Å²) in [7, 11) is 0. The summed E-state index contributed by atoms with van der Waals surface area (Å²) in [4.78, 5) is 4.26. The first-order valence-electron chi connectivity index (χ1n) is 5.50. The molecule has 0 amide bonds. The maximum absolute atomic E-state index is 5.45. The zero-order valence-corrected chi connectivity index (χ0v) is 9.61. The fourth-order valence-corrected chi connectivity index (χ4v) is 1.47. The maximum Gasteiger partial charge on any atom is 0.138 e. The van der Waals surface area contributed by atoms with Gasteiger partial charge in [-0.1, -0.05) is 18.6 Å². The van der Waals surface area contributed by atoms with Gasteiger partial charge in [-0.15, -0.1) is 0 Å². The molecule has 0 fully saturated rings. The van der Waals surface area contributed by atoms with Crippen molar-refractivity contribution in [1.82, 2.24) is 14.8 Å². The van der Waals surface area contributed by atoms with Gasteiger partial charge in [0.25, 0.3) is 0 Å². The van der Waals surface area contributed by atoms with E-state index in [0.717, 1.165) is 31.6 Å². The SMILES string of the molecule is CCCn1ncnc1CC(C)=CCCN. The van der Waals surface area contributed by atoms with Crippen molar-refractivity contribution in [3.63, 3.8) is 0 Å². The van der Waals surface area contributed by atoms with Crippen LogP contribution in [0.15, 0.2) is 18.0 Å². The lowest BCUT2D eigenvalue weighted by atomic mass is 10.1. The first-order chi connectivity index (χ1) is 7.27. The second-order valence-electron chi connectivity index (χ2n) is 3.70. The van der Waals surface area contributed by atoms with Crippen LogP contribution in [-0.2, 0) is 13.0 Å². The van der Waals surface area contributed by atoms with Gasteiger partial charge in [0.1, 0.15) is 12.2 Å². The Morgan fingerprint density at radius 3 is 3.07 bits per heavy atom. The van der Waals surface area contributed by atoms with Crippen LogP contribution >= 0.6 is 0 Å². The minimum absolute atomic E-state index is 0.707. The van der Waals surface area contributed by atoms with Crippen molar-refractivity contribution in [3.05, 3.63) is 23.8 Å². The number of aryl methyl sites for hydroxylation is 1. The van der Waals surface area contributed by atoms with Crippen molar-refractivity contribution in [2.24, 2.45) is 5.73 Å². The Morgan fingerprint density at radius 1 is 1.60 bits per heavy atom. The fraction of sp³-hybridized carbons (Fsp3) is 0.636. The second-order valence-corrected chi connectivity index (χ2v) is 3.70. The van der Waals surface area contributed by atoms with Crippen LogP contribution in [-0.4, -0.2) is 21.3 Å². The van der Waals surface area contributed by atoms with Gasteiger partial charge in [0.05, 0.1) is 0 Å². The van der Waals surface area contributed by atoms with Gasteiger partial charge in [-0.2, -0.15) is 5.10 Å². The van der Waals surface area contributed by atoms with Gasteiger partial charge >= 0.3 is 0 Å². The highest BCUT2D eigenvalue weighted by Gasteiger charge is 2.03. The largest absolute Gasteiger partial charge is 0.330 e. The lowest BCUT2D eigenvalue weighted by Crippen LogP contribution is -2.06. The smallest absolute Gasteiger partial charge is 0.138 e. The van der Waals surface area contributed by atoms with Gasteiger partial charge in [0.15, 0.2) is 0 Å². The molecule has 84 valence electrons. The van der Waals surface area contributed by atoms with Crippen molar-refractivity contribution in [3.8, 4) is 0 Å². The van der Waals surface area contributed by atoms with Crippen molar-refractivity contribution in [2.45, 2.75) is 39.7 Å². The summed E-state index contributed by atoms with van der Waals surface area (Å²) in [5.41, 5.74) is 6.76. The molecule has 15 heavy (non-hydrogen) atoms. The van der Waals surface area contributed by atoms with Crippen LogP contribution in [0.5, 0.6) is 0 Å². The molecule has 0 unspecified atom stereocenters. The molecule has 1 aromatic heterocycles. The molecule has 0 aromatic carbocycles. The standard InChI is InChI=1S/C11H20N4/c1-3-7-15-11(13-9-14-15)8-10(2)5-4-6-12/h5,9H,3-4,6-8,12H2,1-2H3. The van der Waals surface area contributed by atoms with E-state index in [-0.39, 0.29) is 0 Å². The Bertz CT molecular complexity index is 314. The van der Waals surface area contributed by atoms with E-state index in [0.29, 0.717) is 6.54 Å². The molecule has 1 rings (SSSR count). The van der Waals surface area contributed by atoms with E-state index in [1.165, 1.54) is 5.57 Å². The summed E-state index contributed by atoms with van der Waals surface area (Å²) < 4.78 is 1.97. The third-order valence-electron chi connectivity index (χ3n) is 2.23. The average molecular weight is 208 g/mol. The lowest BCUT2D eigenvalue weighted by Gasteiger charge is -2.04. The summed E-state index contributed by atoms with van der Waals surface area (Å²) >= 11 is 0. The van der Waals surface area contributed by atoms with Gasteiger partial charge in [-0.25, -0.2) is 9.67 Å². The molecule has 2 N–H and O–H groups in total. The molecule has 0 aliphatic heterocycles. The maximum atomic E-state index is 5.45. The van der Waals surface area contributed by atoms with Gasteiger partial charge in [-0.3, -0.25) is 0 Å². The number of hydrogen-bond donors (Lipinski definition) is 1. The lowest BCUT2D eigenvalue weighted by molar-refractivity contribution is 0.574. The molecule has 1 aromatic rings. The number of aromatic nitrogens is 3. The summed E-state index contributed by atoms with van der Waals surface area (Å²) in [5, 5.41) is 4.19. The molecular formula is C11H20N4. The Hall–Kier alpha value is -1.16. The van der Waals surface area contributed by atoms with Crippen LogP contribution in [0.3, 0.4) is 0 Å².